The zero-order valence-electron chi connectivity index (χ0n) is 11.6. The molecule has 0 aliphatic carbocycles. The minimum Gasteiger partial charge on any atom is -0.369 e. The molecule has 0 bridgehead atoms. The molecule has 21 heavy (non-hydrogen) atoms. The molecule has 2 heterocycles. The minimum absolute atomic E-state index is 0.349. The summed E-state index contributed by atoms with van der Waals surface area (Å²) in [4.78, 5) is 4.40. The summed E-state index contributed by atoms with van der Waals surface area (Å²) in [6.45, 7) is 4.61. The van der Waals surface area contributed by atoms with Gasteiger partial charge in [0, 0.05) is 11.0 Å². The summed E-state index contributed by atoms with van der Waals surface area (Å²) in [5, 5.41) is 13.8. The highest BCUT2D eigenvalue weighted by atomic mass is 79.9. The topological polar surface area (TPSA) is 85.5 Å². The Morgan fingerprint density at radius 2 is 2.19 bits per heavy atom. The van der Waals surface area contributed by atoms with Crippen molar-refractivity contribution >= 4 is 33.0 Å². The lowest BCUT2D eigenvalue weighted by Crippen LogP contribution is -2.08. The van der Waals surface area contributed by atoms with Crippen LogP contribution in [0.4, 0.5) is 5.95 Å². The minimum atomic E-state index is 0.349. The van der Waals surface area contributed by atoms with Gasteiger partial charge in [-0.05, 0) is 32.0 Å². The van der Waals surface area contributed by atoms with E-state index in [1.165, 1.54) is 0 Å². The van der Waals surface area contributed by atoms with Gasteiger partial charge in [-0.3, -0.25) is 4.57 Å². The third-order valence-electron chi connectivity index (χ3n) is 3.36. The Morgan fingerprint density at radius 3 is 2.86 bits per heavy atom. The second-order valence-corrected chi connectivity index (χ2v) is 5.57. The van der Waals surface area contributed by atoms with E-state index in [9.17, 15) is 5.26 Å². The van der Waals surface area contributed by atoms with Crippen LogP contribution in [0.15, 0.2) is 22.7 Å². The maximum absolute atomic E-state index is 9.34. The monoisotopic (exact) mass is 344 g/mol. The summed E-state index contributed by atoms with van der Waals surface area (Å²) in [5.41, 5.74) is 9.71. The Kier molecular flexibility index (Phi) is 3.18. The average Bonchev–Trinajstić information content (AvgIpc) is 2.95. The average molecular weight is 345 g/mol. The summed E-state index contributed by atoms with van der Waals surface area (Å²) in [6, 6.07) is 7.63. The smallest absolute Gasteiger partial charge is 0.207 e. The van der Waals surface area contributed by atoms with Gasteiger partial charge in [0.1, 0.15) is 11.6 Å². The molecule has 7 heteroatoms. The van der Waals surface area contributed by atoms with E-state index in [0.29, 0.717) is 23.7 Å². The summed E-state index contributed by atoms with van der Waals surface area (Å²) in [6.07, 6.45) is 0. The molecule has 6 nitrogen and oxygen atoms in total. The fraction of sp³-hybridized carbons (Fsp3) is 0.214. The second-order valence-electron chi connectivity index (χ2n) is 4.65. The highest BCUT2D eigenvalue weighted by Gasteiger charge is 2.19. The lowest BCUT2D eigenvalue weighted by atomic mass is 10.2. The van der Waals surface area contributed by atoms with E-state index in [2.05, 4.69) is 32.1 Å². The molecule has 3 rings (SSSR count). The quantitative estimate of drug-likeness (QED) is 0.774. The fourth-order valence-electron chi connectivity index (χ4n) is 2.43. The number of rotatable bonds is 2. The molecular formula is C14H13BrN6. The maximum atomic E-state index is 9.34. The number of benzene rings is 1. The molecule has 0 amide bonds. The normalized spacial score (nSPS) is 11.0. The van der Waals surface area contributed by atoms with Crippen molar-refractivity contribution in [1.82, 2.24) is 19.3 Å². The highest BCUT2D eigenvalue weighted by molar-refractivity contribution is 9.10. The summed E-state index contributed by atoms with van der Waals surface area (Å²) in [5.74, 6) is 0.349. The van der Waals surface area contributed by atoms with Gasteiger partial charge in [0.15, 0.2) is 5.65 Å². The van der Waals surface area contributed by atoms with Crippen LogP contribution in [0.25, 0.3) is 16.9 Å². The molecule has 2 aromatic heterocycles. The molecule has 0 spiro atoms. The molecule has 106 valence electrons. The van der Waals surface area contributed by atoms with E-state index >= 15 is 0 Å². The van der Waals surface area contributed by atoms with Gasteiger partial charge in [-0.1, -0.05) is 15.9 Å². The number of hydrogen-bond donors (Lipinski definition) is 1. The van der Waals surface area contributed by atoms with Crippen LogP contribution in [0.3, 0.4) is 0 Å². The fourth-order valence-corrected chi connectivity index (χ4v) is 2.78. The van der Waals surface area contributed by atoms with Gasteiger partial charge >= 0.3 is 0 Å². The number of imidazole rings is 1. The van der Waals surface area contributed by atoms with Crippen LogP contribution in [0.5, 0.6) is 0 Å². The molecule has 0 saturated carbocycles. The number of nitrogen functional groups attached to an aromatic ring is 1. The van der Waals surface area contributed by atoms with E-state index in [-0.39, 0.29) is 0 Å². The number of aromatic nitrogens is 4. The Labute approximate surface area is 129 Å². The molecule has 0 radical (unpaired) electrons. The second kappa shape index (κ2) is 4.90. The van der Waals surface area contributed by atoms with Gasteiger partial charge in [-0.25, -0.2) is 9.67 Å². The number of nitrogens with two attached hydrogens (primary N) is 1. The van der Waals surface area contributed by atoms with Crippen LogP contribution < -0.4 is 5.73 Å². The van der Waals surface area contributed by atoms with Crippen LogP contribution in [-0.4, -0.2) is 19.3 Å². The van der Waals surface area contributed by atoms with Gasteiger partial charge in [0.2, 0.25) is 5.95 Å². The molecule has 3 aromatic rings. The molecule has 0 aliphatic heterocycles. The van der Waals surface area contributed by atoms with Crippen molar-refractivity contribution < 1.29 is 0 Å². The first kappa shape index (κ1) is 13.6. The van der Waals surface area contributed by atoms with Gasteiger partial charge in [0.25, 0.3) is 0 Å². The lowest BCUT2D eigenvalue weighted by Gasteiger charge is -2.10. The molecule has 0 saturated heterocycles. The number of aryl methyl sites for hydroxylation is 2. The predicted octanol–water partition coefficient (Wildman–Crippen LogP) is 2.77. The number of nitriles is 1. The van der Waals surface area contributed by atoms with Gasteiger partial charge in [-0.15, -0.1) is 0 Å². The molecular weight excluding hydrogens is 332 g/mol. The van der Waals surface area contributed by atoms with Crippen LogP contribution in [0, 0.1) is 18.3 Å². The number of halogens is 1. The Balaban J connectivity index is 2.43. The van der Waals surface area contributed by atoms with E-state index in [1.54, 1.807) is 10.6 Å². The zero-order chi connectivity index (χ0) is 15.1. The number of nitrogens with zero attached hydrogens (tertiary/aromatic N) is 5. The van der Waals surface area contributed by atoms with Crippen molar-refractivity contribution in [1.29, 1.82) is 5.26 Å². The van der Waals surface area contributed by atoms with Crippen molar-refractivity contribution in [2.75, 3.05) is 5.73 Å². The lowest BCUT2D eigenvalue weighted by molar-refractivity contribution is 0.663. The molecule has 1 aromatic carbocycles. The van der Waals surface area contributed by atoms with Gasteiger partial charge in [-0.2, -0.15) is 10.4 Å². The Bertz CT molecular complexity index is 883. The predicted molar refractivity (Wildman–Crippen MR) is 84.1 cm³/mol. The van der Waals surface area contributed by atoms with Crippen LogP contribution in [0.1, 0.15) is 18.2 Å². The number of anilines is 1. The molecule has 0 aliphatic rings. The van der Waals surface area contributed by atoms with Crippen molar-refractivity contribution in [2.24, 2.45) is 0 Å². The molecule has 2 N–H and O–H groups in total. The van der Waals surface area contributed by atoms with Gasteiger partial charge in [0.05, 0.1) is 16.9 Å². The summed E-state index contributed by atoms with van der Waals surface area (Å²) >= 11 is 3.43. The van der Waals surface area contributed by atoms with Crippen molar-refractivity contribution in [3.05, 3.63) is 33.9 Å². The van der Waals surface area contributed by atoms with E-state index < -0.39 is 0 Å². The first-order valence-electron chi connectivity index (χ1n) is 6.48. The van der Waals surface area contributed by atoms with Crippen LogP contribution in [0.2, 0.25) is 0 Å². The number of fused-ring (bicyclic) bond motifs is 1. The third-order valence-corrected chi connectivity index (χ3v) is 3.85. The first-order chi connectivity index (χ1) is 10.1. The Morgan fingerprint density at radius 1 is 1.43 bits per heavy atom. The van der Waals surface area contributed by atoms with E-state index in [1.807, 2.05) is 30.7 Å². The zero-order valence-corrected chi connectivity index (χ0v) is 13.2. The standard InChI is InChI=1S/C14H13BrN6/c1-3-20-13-12(8(2)19-20)18-14(17)21(13)11-6-10(15)5-4-9(11)7-16/h4-6H,3H2,1-2H3,(H2,17,18). The molecule has 0 unspecified atom stereocenters. The molecule has 0 fully saturated rings. The third kappa shape index (κ3) is 1.99. The van der Waals surface area contributed by atoms with Crippen molar-refractivity contribution in [3.8, 4) is 11.8 Å². The first-order valence-corrected chi connectivity index (χ1v) is 7.27. The van der Waals surface area contributed by atoms with Gasteiger partial charge < -0.3 is 5.73 Å². The molecule has 0 atom stereocenters. The largest absolute Gasteiger partial charge is 0.369 e. The van der Waals surface area contributed by atoms with E-state index in [4.69, 9.17) is 5.73 Å². The Hall–Kier alpha value is -2.33. The number of hydrogen-bond acceptors (Lipinski definition) is 4. The van der Waals surface area contributed by atoms with Crippen molar-refractivity contribution in [3.63, 3.8) is 0 Å². The summed E-state index contributed by atoms with van der Waals surface area (Å²) in [7, 11) is 0. The maximum Gasteiger partial charge on any atom is 0.207 e. The van der Waals surface area contributed by atoms with E-state index in [0.717, 1.165) is 21.3 Å². The van der Waals surface area contributed by atoms with Crippen LogP contribution in [-0.2, 0) is 6.54 Å². The van der Waals surface area contributed by atoms with Crippen molar-refractivity contribution in [2.45, 2.75) is 20.4 Å². The van der Waals surface area contributed by atoms with Crippen LogP contribution >= 0.6 is 15.9 Å². The summed E-state index contributed by atoms with van der Waals surface area (Å²) < 4.78 is 4.50. The SMILES string of the molecule is CCn1nc(C)c2nc(N)n(-c3cc(Br)ccc3C#N)c21. The highest BCUT2D eigenvalue weighted by Crippen LogP contribution is 2.28.